The van der Waals surface area contributed by atoms with Crippen LogP contribution >= 0.6 is 11.3 Å². The first-order valence-corrected chi connectivity index (χ1v) is 13.2. The fourth-order valence-corrected chi connectivity index (χ4v) is 5.55. The van der Waals surface area contributed by atoms with Crippen molar-refractivity contribution < 1.29 is 23.4 Å². The number of furan rings is 1. The van der Waals surface area contributed by atoms with Crippen molar-refractivity contribution in [1.82, 2.24) is 4.57 Å². The van der Waals surface area contributed by atoms with Crippen molar-refractivity contribution in [3.8, 4) is 5.75 Å². The lowest BCUT2D eigenvalue weighted by Crippen LogP contribution is -2.39. The SMILES string of the molecule is CCOC(=O)C1=C(C)N=c2s/c(=C\c3ccc(N4CCOCC4)o3)c(=O)n2[C@@H]1c1ccc(OCC)cc1. The summed E-state index contributed by atoms with van der Waals surface area (Å²) in [7, 11) is 0. The van der Waals surface area contributed by atoms with Gasteiger partial charge in [0.25, 0.3) is 5.56 Å². The summed E-state index contributed by atoms with van der Waals surface area (Å²) in [6, 6.07) is 10.5. The van der Waals surface area contributed by atoms with Crippen molar-refractivity contribution >= 4 is 29.3 Å². The molecular weight excluding hydrogens is 494 g/mol. The predicted octanol–water partition coefficient (Wildman–Crippen LogP) is 2.63. The van der Waals surface area contributed by atoms with Gasteiger partial charge in [0.15, 0.2) is 10.7 Å². The summed E-state index contributed by atoms with van der Waals surface area (Å²) in [5.74, 6) is 1.55. The lowest BCUT2D eigenvalue weighted by Gasteiger charge is -2.26. The Bertz CT molecular complexity index is 1490. The molecule has 0 N–H and O–H groups in total. The third kappa shape index (κ3) is 4.99. The first-order chi connectivity index (χ1) is 18.0. The number of morpholine rings is 1. The van der Waals surface area contributed by atoms with Crippen molar-refractivity contribution in [3.63, 3.8) is 0 Å². The number of hydrogen-bond donors (Lipinski definition) is 0. The van der Waals surface area contributed by atoms with E-state index in [1.807, 2.05) is 43.3 Å². The number of carbonyl (C=O) groups excluding carboxylic acids is 1. The van der Waals surface area contributed by atoms with E-state index in [1.54, 1.807) is 24.5 Å². The Hall–Kier alpha value is -3.63. The fraction of sp³-hybridized carbons (Fsp3) is 0.370. The standard InChI is InChI=1S/C27H29N3O6S/c1-4-34-19-8-6-18(7-9-19)24-23(26(32)35-5-2)17(3)28-27-30(24)25(31)21(37-27)16-20-10-11-22(36-20)29-12-14-33-15-13-29/h6-11,16,24H,4-5,12-15H2,1-3H3/b21-16-/t24-/m1/s1. The van der Waals surface area contributed by atoms with E-state index in [-0.39, 0.29) is 12.2 Å². The number of hydrogen-bond acceptors (Lipinski definition) is 9. The van der Waals surface area contributed by atoms with Gasteiger partial charge < -0.3 is 23.5 Å². The molecule has 1 aromatic carbocycles. The number of esters is 1. The van der Waals surface area contributed by atoms with Gasteiger partial charge in [-0.1, -0.05) is 23.5 Å². The molecule has 2 aliphatic rings. The number of carbonyl (C=O) groups is 1. The number of thiazole rings is 1. The maximum atomic E-state index is 13.7. The van der Waals surface area contributed by atoms with Crippen molar-refractivity contribution in [2.45, 2.75) is 26.8 Å². The minimum absolute atomic E-state index is 0.222. The van der Waals surface area contributed by atoms with Gasteiger partial charge in [-0.15, -0.1) is 0 Å². The molecule has 194 valence electrons. The molecule has 1 fully saturated rings. The zero-order chi connectivity index (χ0) is 25.9. The molecule has 0 bridgehead atoms. The molecule has 0 saturated carbocycles. The first-order valence-electron chi connectivity index (χ1n) is 12.3. The second-order valence-electron chi connectivity index (χ2n) is 8.58. The Morgan fingerprint density at radius 3 is 2.59 bits per heavy atom. The van der Waals surface area contributed by atoms with Gasteiger partial charge in [0.1, 0.15) is 11.5 Å². The van der Waals surface area contributed by atoms with Crippen LogP contribution in [0.25, 0.3) is 6.08 Å². The summed E-state index contributed by atoms with van der Waals surface area (Å²) >= 11 is 1.27. The third-order valence-corrected chi connectivity index (χ3v) is 7.22. The van der Waals surface area contributed by atoms with Gasteiger partial charge in [-0.2, -0.15) is 0 Å². The minimum atomic E-state index is -0.673. The molecule has 4 heterocycles. The van der Waals surface area contributed by atoms with Crippen LogP contribution in [0.2, 0.25) is 0 Å². The number of anilines is 1. The van der Waals surface area contributed by atoms with Gasteiger partial charge in [0.05, 0.1) is 48.3 Å². The molecule has 1 saturated heterocycles. The number of allylic oxidation sites excluding steroid dienone is 1. The highest BCUT2D eigenvalue weighted by atomic mass is 32.1. The van der Waals surface area contributed by atoms with Gasteiger partial charge in [0, 0.05) is 25.2 Å². The average Bonchev–Trinajstić information content (AvgIpc) is 3.49. The van der Waals surface area contributed by atoms with Crippen LogP contribution in [0.15, 0.2) is 61.9 Å². The second-order valence-corrected chi connectivity index (χ2v) is 9.59. The molecule has 10 heteroatoms. The quantitative estimate of drug-likeness (QED) is 0.440. The molecule has 0 radical (unpaired) electrons. The summed E-state index contributed by atoms with van der Waals surface area (Å²) in [6.07, 6.45) is 1.73. The summed E-state index contributed by atoms with van der Waals surface area (Å²) < 4.78 is 24.4. The Kier molecular flexibility index (Phi) is 7.29. The number of benzene rings is 1. The molecule has 3 aromatic rings. The largest absolute Gasteiger partial charge is 0.494 e. The van der Waals surface area contributed by atoms with Crippen molar-refractivity contribution in [1.29, 1.82) is 0 Å². The van der Waals surface area contributed by atoms with Crippen LogP contribution < -0.4 is 24.5 Å². The lowest BCUT2D eigenvalue weighted by molar-refractivity contribution is -0.139. The Balaban J connectivity index is 1.59. The van der Waals surface area contributed by atoms with E-state index in [0.717, 1.165) is 24.5 Å². The van der Waals surface area contributed by atoms with E-state index in [9.17, 15) is 9.59 Å². The molecule has 2 aliphatic heterocycles. The molecule has 9 nitrogen and oxygen atoms in total. The topological polar surface area (TPSA) is 95.5 Å². The van der Waals surface area contributed by atoms with Gasteiger partial charge in [-0.25, -0.2) is 9.79 Å². The van der Waals surface area contributed by atoms with E-state index < -0.39 is 12.0 Å². The van der Waals surface area contributed by atoms with E-state index in [2.05, 4.69) is 9.89 Å². The molecule has 2 aromatic heterocycles. The molecule has 37 heavy (non-hydrogen) atoms. The Morgan fingerprint density at radius 2 is 1.89 bits per heavy atom. The highest BCUT2D eigenvalue weighted by molar-refractivity contribution is 7.07. The van der Waals surface area contributed by atoms with E-state index in [4.69, 9.17) is 18.6 Å². The van der Waals surface area contributed by atoms with Gasteiger partial charge >= 0.3 is 5.97 Å². The average molecular weight is 524 g/mol. The number of fused-ring (bicyclic) bond motifs is 1. The highest BCUT2D eigenvalue weighted by Crippen LogP contribution is 2.31. The predicted molar refractivity (Wildman–Crippen MR) is 140 cm³/mol. The lowest BCUT2D eigenvalue weighted by atomic mass is 9.96. The summed E-state index contributed by atoms with van der Waals surface area (Å²) in [6.45, 7) is 9.03. The number of aromatic nitrogens is 1. The molecule has 0 amide bonds. The fourth-order valence-electron chi connectivity index (χ4n) is 4.52. The smallest absolute Gasteiger partial charge is 0.338 e. The van der Waals surface area contributed by atoms with Crippen LogP contribution in [0, 0.1) is 0 Å². The normalized spacial score (nSPS) is 18.0. The number of nitrogens with zero attached hydrogens (tertiary/aromatic N) is 3. The first kappa shape index (κ1) is 25.0. The van der Waals surface area contributed by atoms with Gasteiger partial charge in [-0.3, -0.25) is 9.36 Å². The van der Waals surface area contributed by atoms with E-state index in [0.29, 0.717) is 51.9 Å². The minimum Gasteiger partial charge on any atom is -0.494 e. The van der Waals surface area contributed by atoms with Crippen LogP contribution in [-0.4, -0.2) is 50.1 Å². The maximum absolute atomic E-state index is 13.7. The van der Waals surface area contributed by atoms with E-state index in [1.165, 1.54) is 11.3 Å². The number of rotatable bonds is 7. The van der Waals surface area contributed by atoms with Crippen LogP contribution in [0.4, 0.5) is 5.88 Å². The summed E-state index contributed by atoms with van der Waals surface area (Å²) in [4.78, 5) is 34.0. The Labute approximate surface area is 217 Å². The number of ether oxygens (including phenoxy) is 3. The third-order valence-electron chi connectivity index (χ3n) is 6.23. The van der Waals surface area contributed by atoms with Gasteiger partial charge in [-0.05, 0) is 44.5 Å². The van der Waals surface area contributed by atoms with E-state index >= 15 is 0 Å². The zero-order valence-corrected chi connectivity index (χ0v) is 21.9. The van der Waals surface area contributed by atoms with Gasteiger partial charge in [0.2, 0.25) is 0 Å². The van der Waals surface area contributed by atoms with Crippen LogP contribution in [-0.2, 0) is 14.3 Å². The monoisotopic (exact) mass is 523 g/mol. The van der Waals surface area contributed by atoms with Crippen molar-refractivity contribution in [3.05, 3.63) is 78.7 Å². The molecule has 0 spiro atoms. The van der Waals surface area contributed by atoms with Crippen LogP contribution in [0.5, 0.6) is 5.75 Å². The molecule has 0 unspecified atom stereocenters. The molecular formula is C27H29N3O6S. The van der Waals surface area contributed by atoms with Crippen molar-refractivity contribution in [2.24, 2.45) is 4.99 Å². The maximum Gasteiger partial charge on any atom is 0.338 e. The van der Waals surface area contributed by atoms with Crippen LogP contribution in [0.1, 0.15) is 38.1 Å². The van der Waals surface area contributed by atoms with Crippen molar-refractivity contribution in [2.75, 3.05) is 44.4 Å². The van der Waals surface area contributed by atoms with Crippen LogP contribution in [0.3, 0.4) is 0 Å². The molecule has 5 rings (SSSR count). The Morgan fingerprint density at radius 1 is 1.14 bits per heavy atom. The zero-order valence-electron chi connectivity index (χ0n) is 21.1. The highest BCUT2D eigenvalue weighted by Gasteiger charge is 2.33. The summed E-state index contributed by atoms with van der Waals surface area (Å²) in [5.41, 5.74) is 1.39. The molecule has 0 aliphatic carbocycles. The summed E-state index contributed by atoms with van der Waals surface area (Å²) in [5, 5.41) is 0. The second kappa shape index (κ2) is 10.8. The molecule has 1 atom stereocenters.